The first-order valence-corrected chi connectivity index (χ1v) is 5.69. The predicted molar refractivity (Wildman–Crippen MR) is 68.6 cm³/mol. The van der Waals surface area contributed by atoms with E-state index in [1.54, 1.807) is 12.2 Å². The van der Waals surface area contributed by atoms with E-state index >= 15 is 0 Å². The first kappa shape index (κ1) is 13.0. The highest BCUT2D eigenvalue weighted by Gasteiger charge is 2.23. The van der Waals surface area contributed by atoms with Gasteiger partial charge in [0.05, 0.1) is 22.6 Å². The van der Waals surface area contributed by atoms with Crippen LogP contribution in [0.25, 0.3) is 0 Å². The number of aromatic hydroxyl groups is 1. The van der Waals surface area contributed by atoms with E-state index in [1.807, 2.05) is 0 Å². The predicted octanol–water partition coefficient (Wildman–Crippen LogP) is 1.14. The number of phenolic OH excluding ortho intramolecular Hbond substituents is 1. The van der Waals surface area contributed by atoms with Gasteiger partial charge in [-0.05, 0) is 12.5 Å². The second-order valence-electron chi connectivity index (χ2n) is 4.34. The fourth-order valence-corrected chi connectivity index (χ4v) is 1.89. The van der Waals surface area contributed by atoms with Gasteiger partial charge in [0.1, 0.15) is 5.75 Å². The summed E-state index contributed by atoms with van der Waals surface area (Å²) in [6.07, 6.45) is 3.97. The molecule has 100 valence electrons. The number of carbonyl (C=O) groups is 1. The van der Waals surface area contributed by atoms with Crippen molar-refractivity contribution >= 4 is 17.3 Å². The van der Waals surface area contributed by atoms with Crippen molar-refractivity contribution in [3.63, 3.8) is 0 Å². The Hall–Kier alpha value is -2.41. The minimum absolute atomic E-state index is 0.138. The zero-order valence-corrected chi connectivity index (χ0v) is 9.95. The number of hydrogen-bond donors (Lipinski definition) is 3. The van der Waals surface area contributed by atoms with Crippen molar-refractivity contribution in [3.8, 4) is 5.75 Å². The molecule has 7 heteroatoms. The molecule has 1 aliphatic rings. The number of amides is 1. The Morgan fingerprint density at radius 2 is 2.21 bits per heavy atom. The average molecular weight is 263 g/mol. The molecule has 7 nitrogen and oxygen atoms in total. The second kappa shape index (κ2) is 5.07. The lowest BCUT2D eigenvalue weighted by Crippen LogP contribution is -2.24. The Kier molecular flexibility index (Phi) is 3.48. The molecule has 0 radical (unpaired) electrons. The minimum atomic E-state index is -0.621. The molecule has 2 unspecified atom stereocenters. The van der Waals surface area contributed by atoms with E-state index in [1.165, 1.54) is 12.1 Å². The molecule has 0 aromatic heterocycles. The number of nitrogens with one attached hydrogen (secondary N) is 1. The molecule has 0 aliphatic heterocycles. The lowest BCUT2D eigenvalue weighted by molar-refractivity contribution is -0.384. The van der Waals surface area contributed by atoms with Gasteiger partial charge in [-0.25, -0.2) is 0 Å². The highest BCUT2D eigenvalue weighted by Crippen LogP contribution is 2.29. The Morgan fingerprint density at radius 3 is 2.74 bits per heavy atom. The van der Waals surface area contributed by atoms with Gasteiger partial charge in [0.25, 0.3) is 5.69 Å². The largest absolute Gasteiger partial charge is 0.506 e. The smallest absolute Gasteiger partial charge is 0.273 e. The molecule has 0 spiro atoms. The number of phenols is 1. The van der Waals surface area contributed by atoms with Crippen molar-refractivity contribution in [2.45, 2.75) is 12.5 Å². The summed E-state index contributed by atoms with van der Waals surface area (Å²) in [5.74, 6) is -0.980. The van der Waals surface area contributed by atoms with E-state index < -0.39 is 4.92 Å². The molecule has 0 heterocycles. The van der Waals surface area contributed by atoms with Gasteiger partial charge in [0, 0.05) is 12.1 Å². The van der Waals surface area contributed by atoms with Crippen LogP contribution in [0.1, 0.15) is 6.42 Å². The normalized spacial score (nSPS) is 21.3. The highest BCUT2D eigenvalue weighted by molar-refractivity contribution is 5.95. The summed E-state index contributed by atoms with van der Waals surface area (Å²) < 4.78 is 0. The van der Waals surface area contributed by atoms with Gasteiger partial charge in [-0.3, -0.25) is 14.9 Å². The number of nitrogens with zero attached hydrogens (tertiary/aromatic N) is 1. The third-order valence-corrected chi connectivity index (χ3v) is 2.90. The third-order valence-electron chi connectivity index (χ3n) is 2.90. The van der Waals surface area contributed by atoms with Crippen molar-refractivity contribution in [1.29, 1.82) is 0 Å². The number of benzene rings is 1. The monoisotopic (exact) mass is 263 g/mol. The molecular weight excluding hydrogens is 250 g/mol. The summed E-state index contributed by atoms with van der Waals surface area (Å²) in [6, 6.07) is 3.36. The molecule has 1 aromatic carbocycles. The van der Waals surface area contributed by atoms with Crippen molar-refractivity contribution in [2.75, 3.05) is 5.32 Å². The maximum atomic E-state index is 11.9. The number of hydrogen-bond acceptors (Lipinski definition) is 5. The van der Waals surface area contributed by atoms with E-state index in [2.05, 4.69) is 5.32 Å². The molecule has 1 amide bonds. The van der Waals surface area contributed by atoms with E-state index in [-0.39, 0.29) is 35.0 Å². The van der Waals surface area contributed by atoms with Gasteiger partial charge in [-0.2, -0.15) is 0 Å². The molecule has 19 heavy (non-hydrogen) atoms. The minimum Gasteiger partial charge on any atom is -0.506 e. The quantitative estimate of drug-likeness (QED) is 0.327. The first-order valence-electron chi connectivity index (χ1n) is 5.69. The zero-order chi connectivity index (χ0) is 14.0. The third kappa shape index (κ3) is 2.89. The van der Waals surface area contributed by atoms with Crippen molar-refractivity contribution < 1.29 is 14.8 Å². The second-order valence-corrected chi connectivity index (χ2v) is 4.34. The van der Waals surface area contributed by atoms with E-state index in [0.717, 1.165) is 6.07 Å². The number of anilines is 1. The van der Waals surface area contributed by atoms with E-state index in [9.17, 15) is 20.0 Å². The van der Waals surface area contributed by atoms with Crippen LogP contribution in [-0.2, 0) is 4.79 Å². The van der Waals surface area contributed by atoms with E-state index in [4.69, 9.17) is 5.73 Å². The maximum Gasteiger partial charge on any atom is 0.273 e. The van der Waals surface area contributed by atoms with Crippen molar-refractivity contribution in [3.05, 3.63) is 40.5 Å². The fourth-order valence-electron chi connectivity index (χ4n) is 1.89. The molecule has 4 N–H and O–H groups in total. The SMILES string of the molecule is NC1C=CC(C(=O)Nc2ccc([N+](=O)[O-])cc2O)C1. The Balaban J connectivity index is 2.09. The fraction of sp³-hybridized carbons (Fsp3) is 0.250. The number of nitro groups is 1. The number of nitro benzene ring substituents is 1. The number of rotatable bonds is 3. The summed E-state index contributed by atoms with van der Waals surface area (Å²) in [7, 11) is 0. The van der Waals surface area contributed by atoms with Crippen LogP contribution in [0, 0.1) is 16.0 Å². The summed E-state index contributed by atoms with van der Waals surface area (Å²) in [4.78, 5) is 21.8. The molecule has 2 rings (SSSR count). The number of non-ortho nitro benzene ring substituents is 1. The lowest BCUT2D eigenvalue weighted by atomic mass is 10.1. The van der Waals surface area contributed by atoms with Crippen LogP contribution in [0.15, 0.2) is 30.4 Å². The highest BCUT2D eigenvalue weighted by atomic mass is 16.6. The zero-order valence-electron chi connectivity index (χ0n) is 9.95. The van der Waals surface area contributed by atoms with Crippen LogP contribution in [0.3, 0.4) is 0 Å². The number of carbonyl (C=O) groups excluding carboxylic acids is 1. The number of nitrogens with two attached hydrogens (primary N) is 1. The van der Waals surface area contributed by atoms with Gasteiger partial charge in [-0.15, -0.1) is 0 Å². The van der Waals surface area contributed by atoms with E-state index in [0.29, 0.717) is 6.42 Å². The van der Waals surface area contributed by atoms with Crippen LogP contribution in [0.5, 0.6) is 5.75 Å². The summed E-state index contributed by atoms with van der Waals surface area (Å²) in [5, 5.41) is 22.7. The van der Waals surface area contributed by atoms with Crippen LogP contribution in [-0.4, -0.2) is 22.0 Å². The maximum absolute atomic E-state index is 11.9. The molecule has 0 saturated heterocycles. The molecule has 1 aromatic rings. The van der Waals surface area contributed by atoms with Crippen LogP contribution < -0.4 is 11.1 Å². The Morgan fingerprint density at radius 1 is 1.47 bits per heavy atom. The molecular formula is C12H13N3O4. The standard InChI is InChI=1S/C12H13N3O4/c13-8-2-1-7(5-8)12(17)14-10-4-3-9(15(18)19)6-11(10)16/h1-4,6-8,16H,5,13H2,(H,14,17). The van der Waals surface area contributed by atoms with Gasteiger partial charge in [-0.1, -0.05) is 12.2 Å². The van der Waals surface area contributed by atoms with Gasteiger partial charge < -0.3 is 16.2 Å². The Bertz CT molecular complexity index is 556. The first-order chi connectivity index (χ1) is 8.97. The molecule has 0 fully saturated rings. The molecule has 0 saturated carbocycles. The van der Waals surface area contributed by atoms with Crippen LogP contribution in [0.2, 0.25) is 0 Å². The molecule has 0 bridgehead atoms. The van der Waals surface area contributed by atoms with Crippen molar-refractivity contribution in [2.24, 2.45) is 11.7 Å². The molecule has 1 aliphatic carbocycles. The topological polar surface area (TPSA) is 118 Å². The van der Waals surface area contributed by atoms with Crippen molar-refractivity contribution in [1.82, 2.24) is 0 Å². The van der Waals surface area contributed by atoms with Crippen LogP contribution in [0.4, 0.5) is 11.4 Å². The van der Waals surface area contributed by atoms with Gasteiger partial charge in [0.2, 0.25) is 5.91 Å². The summed E-state index contributed by atoms with van der Waals surface area (Å²) in [5.41, 5.74) is 5.55. The van der Waals surface area contributed by atoms with Gasteiger partial charge >= 0.3 is 0 Å². The summed E-state index contributed by atoms with van der Waals surface area (Å²) >= 11 is 0. The Labute approximate surface area is 108 Å². The van der Waals surface area contributed by atoms with Gasteiger partial charge in [0.15, 0.2) is 0 Å². The summed E-state index contributed by atoms with van der Waals surface area (Å²) in [6.45, 7) is 0. The lowest BCUT2D eigenvalue weighted by Gasteiger charge is -2.11. The average Bonchev–Trinajstić information content (AvgIpc) is 2.78. The molecule has 2 atom stereocenters. The van der Waals surface area contributed by atoms with Crippen LogP contribution >= 0.6 is 0 Å².